The number of carbonyl (C=O) groups excluding carboxylic acids is 1. The van der Waals surface area contributed by atoms with Crippen molar-refractivity contribution in [2.24, 2.45) is 23.2 Å². The average molecular weight is 320 g/mol. The lowest BCUT2D eigenvalue weighted by atomic mass is 9.65. The highest BCUT2D eigenvalue weighted by molar-refractivity contribution is 14.1. The normalized spacial score (nSPS) is 42.7. The van der Waals surface area contributed by atoms with Crippen LogP contribution < -0.4 is 0 Å². The third kappa shape index (κ3) is 1.87. The van der Waals surface area contributed by atoms with E-state index in [1.807, 2.05) is 0 Å². The molecule has 2 rings (SSSR count). The fourth-order valence-electron chi connectivity index (χ4n) is 3.77. The molecule has 0 saturated heterocycles. The minimum Gasteiger partial charge on any atom is -0.299 e. The van der Waals surface area contributed by atoms with Gasteiger partial charge in [0.15, 0.2) is 0 Å². The zero-order chi connectivity index (χ0) is 11.1. The van der Waals surface area contributed by atoms with Crippen LogP contribution in [0, 0.1) is 23.2 Å². The molecule has 0 radical (unpaired) electrons. The summed E-state index contributed by atoms with van der Waals surface area (Å²) in [5.41, 5.74) is 0.0585. The number of ketones is 1. The molecule has 0 aliphatic heterocycles. The minimum absolute atomic E-state index is 0.0585. The number of fused-ring (bicyclic) bond motifs is 1. The Morgan fingerprint density at radius 1 is 1.53 bits per heavy atom. The predicted octanol–water partition coefficient (Wildman–Crippen LogP) is 3.84. The van der Waals surface area contributed by atoms with Crippen molar-refractivity contribution < 1.29 is 4.79 Å². The topological polar surface area (TPSA) is 17.1 Å². The van der Waals surface area contributed by atoms with Crippen LogP contribution in [-0.2, 0) is 4.79 Å². The van der Waals surface area contributed by atoms with Gasteiger partial charge in [-0.05, 0) is 43.4 Å². The van der Waals surface area contributed by atoms with Gasteiger partial charge in [0.1, 0.15) is 5.78 Å². The van der Waals surface area contributed by atoms with Crippen molar-refractivity contribution >= 4 is 28.4 Å². The second-order valence-electron chi connectivity index (χ2n) is 5.67. The number of carbonyl (C=O) groups is 1. The van der Waals surface area contributed by atoms with Crippen molar-refractivity contribution in [3.63, 3.8) is 0 Å². The smallest absolute Gasteiger partial charge is 0.139 e. The molecule has 0 aromatic rings. The zero-order valence-corrected chi connectivity index (χ0v) is 11.9. The molecule has 1 nitrogen and oxygen atoms in total. The van der Waals surface area contributed by atoms with Crippen molar-refractivity contribution in [3.05, 3.63) is 0 Å². The van der Waals surface area contributed by atoms with Gasteiger partial charge in [-0.2, -0.15) is 0 Å². The van der Waals surface area contributed by atoms with Crippen LogP contribution in [-0.4, -0.2) is 10.2 Å². The van der Waals surface area contributed by atoms with Crippen LogP contribution in [0.4, 0.5) is 0 Å². The molecule has 0 bridgehead atoms. The van der Waals surface area contributed by atoms with Gasteiger partial charge in [-0.3, -0.25) is 4.79 Å². The fourth-order valence-corrected chi connectivity index (χ4v) is 4.42. The Balaban J connectivity index is 2.18. The number of Topliss-reactive ketones (excluding diaryl/α,β-unsaturated/α-hetero) is 1. The Hall–Kier alpha value is 0.400. The lowest BCUT2D eigenvalue weighted by molar-refractivity contribution is -0.133. The SMILES string of the molecule is C[C@H](CI)[C@@H]1CC[C@@]2(C)C(=O)CCC[C@@H]12. The van der Waals surface area contributed by atoms with E-state index in [-0.39, 0.29) is 5.41 Å². The van der Waals surface area contributed by atoms with Crippen LogP contribution in [0.3, 0.4) is 0 Å². The molecule has 2 aliphatic carbocycles. The maximum Gasteiger partial charge on any atom is 0.139 e. The van der Waals surface area contributed by atoms with Gasteiger partial charge >= 0.3 is 0 Å². The van der Waals surface area contributed by atoms with Crippen LogP contribution in [0.5, 0.6) is 0 Å². The highest BCUT2D eigenvalue weighted by atomic mass is 127. The Morgan fingerprint density at radius 2 is 2.27 bits per heavy atom. The summed E-state index contributed by atoms with van der Waals surface area (Å²) in [5, 5.41) is 0. The number of hydrogen-bond donors (Lipinski definition) is 0. The van der Waals surface area contributed by atoms with Crippen molar-refractivity contribution in [3.8, 4) is 0 Å². The molecule has 2 aliphatic rings. The maximum absolute atomic E-state index is 12.1. The van der Waals surface area contributed by atoms with E-state index in [9.17, 15) is 4.79 Å². The second-order valence-corrected chi connectivity index (χ2v) is 6.55. The first-order chi connectivity index (χ1) is 7.09. The Morgan fingerprint density at radius 3 is 2.93 bits per heavy atom. The largest absolute Gasteiger partial charge is 0.299 e. The van der Waals surface area contributed by atoms with Gasteiger partial charge in [0.2, 0.25) is 0 Å². The minimum atomic E-state index is 0.0585. The summed E-state index contributed by atoms with van der Waals surface area (Å²) >= 11 is 2.49. The van der Waals surface area contributed by atoms with Crippen LogP contribution in [0.1, 0.15) is 46.0 Å². The van der Waals surface area contributed by atoms with E-state index in [0.29, 0.717) is 11.7 Å². The van der Waals surface area contributed by atoms with Crippen molar-refractivity contribution in [2.45, 2.75) is 46.0 Å². The molecule has 2 fully saturated rings. The van der Waals surface area contributed by atoms with E-state index >= 15 is 0 Å². The van der Waals surface area contributed by atoms with Gasteiger partial charge in [0.25, 0.3) is 0 Å². The first-order valence-corrected chi connectivity index (χ1v) is 7.71. The van der Waals surface area contributed by atoms with Gasteiger partial charge in [0, 0.05) is 16.3 Å². The third-order valence-electron chi connectivity index (χ3n) is 4.86. The molecular formula is C13H21IO. The van der Waals surface area contributed by atoms with Gasteiger partial charge in [-0.25, -0.2) is 0 Å². The van der Waals surface area contributed by atoms with E-state index in [2.05, 4.69) is 36.4 Å². The Bertz CT molecular complexity index is 263. The highest BCUT2D eigenvalue weighted by Gasteiger charge is 2.51. The van der Waals surface area contributed by atoms with E-state index in [4.69, 9.17) is 0 Å². The van der Waals surface area contributed by atoms with Crippen molar-refractivity contribution in [1.82, 2.24) is 0 Å². The Labute approximate surface area is 107 Å². The summed E-state index contributed by atoms with van der Waals surface area (Å²) in [7, 11) is 0. The molecule has 2 saturated carbocycles. The first-order valence-electron chi connectivity index (χ1n) is 6.19. The molecule has 15 heavy (non-hydrogen) atoms. The summed E-state index contributed by atoms with van der Waals surface area (Å²) in [6, 6.07) is 0. The van der Waals surface area contributed by atoms with Crippen LogP contribution in [0.15, 0.2) is 0 Å². The highest BCUT2D eigenvalue weighted by Crippen LogP contribution is 2.55. The zero-order valence-electron chi connectivity index (χ0n) is 9.76. The average Bonchev–Trinajstić information content (AvgIpc) is 2.57. The maximum atomic E-state index is 12.1. The number of halogens is 1. The standard InChI is InChI=1S/C13H21IO/c1-9(8-14)10-6-7-13(2)11(10)4-3-5-12(13)15/h9-11H,3-8H2,1-2H3/t9-,10+,11+,13-/m1/s1. The second kappa shape index (κ2) is 4.34. The monoisotopic (exact) mass is 320 g/mol. The third-order valence-corrected chi connectivity index (χ3v) is 6.25. The molecule has 86 valence electrons. The molecule has 0 heterocycles. The van der Waals surface area contributed by atoms with E-state index < -0.39 is 0 Å². The number of rotatable bonds is 2. The van der Waals surface area contributed by atoms with E-state index in [1.54, 1.807) is 0 Å². The fraction of sp³-hybridized carbons (Fsp3) is 0.923. The predicted molar refractivity (Wildman–Crippen MR) is 71.2 cm³/mol. The molecule has 0 N–H and O–H groups in total. The molecular weight excluding hydrogens is 299 g/mol. The molecule has 0 aromatic heterocycles. The van der Waals surface area contributed by atoms with Crippen LogP contribution in [0.2, 0.25) is 0 Å². The number of hydrogen-bond acceptors (Lipinski definition) is 1. The molecule has 0 amide bonds. The van der Waals surface area contributed by atoms with Crippen molar-refractivity contribution in [1.29, 1.82) is 0 Å². The quantitative estimate of drug-likeness (QED) is 0.558. The summed E-state index contributed by atoms with van der Waals surface area (Å²) in [6.07, 6.45) is 5.73. The Kier molecular flexibility index (Phi) is 3.44. The summed E-state index contributed by atoms with van der Waals surface area (Å²) < 4.78 is 1.24. The van der Waals surface area contributed by atoms with Crippen molar-refractivity contribution in [2.75, 3.05) is 4.43 Å². The van der Waals surface area contributed by atoms with Crippen LogP contribution >= 0.6 is 22.6 Å². The molecule has 0 aromatic carbocycles. The van der Waals surface area contributed by atoms with Gasteiger partial charge in [-0.15, -0.1) is 0 Å². The van der Waals surface area contributed by atoms with Gasteiger partial charge < -0.3 is 0 Å². The molecule has 4 atom stereocenters. The molecule has 2 heteroatoms. The lowest BCUT2D eigenvalue weighted by Gasteiger charge is -2.38. The first kappa shape index (κ1) is 11.9. The molecule has 0 unspecified atom stereocenters. The van der Waals surface area contributed by atoms with E-state index in [1.165, 1.54) is 17.3 Å². The summed E-state index contributed by atoms with van der Waals surface area (Å²) in [4.78, 5) is 12.1. The summed E-state index contributed by atoms with van der Waals surface area (Å²) in [5.74, 6) is 2.87. The van der Waals surface area contributed by atoms with E-state index in [0.717, 1.165) is 31.1 Å². The summed E-state index contributed by atoms with van der Waals surface area (Å²) in [6.45, 7) is 4.60. The van der Waals surface area contributed by atoms with Gasteiger partial charge in [-0.1, -0.05) is 36.4 Å². The number of alkyl halides is 1. The lowest BCUT2D eigenvalue weighted by Crippen LogP contribution is -2.38. The van der Waals surface area contributed by atoms with Crippen LogP contribution in [0.25, 0.3) is 0 Å². The van der Waals surface area contributed by atoms with Gasteiger partial charge in [0.05, 0.1) is 0 Å². The molecule has 0 spiro atoms.